The normalized spacial score (nSPS) is 42.9. The first-order valence-corrected chi connectivity index (χ1v) is 13.4. The number of phenols is 1. The molecule has 2 spiro atoms. The van der Waals surface area contributed by atoms with Crippen molar-refractivity contribution in [2.75, 3.05) is 20.7 Å². The Morgan fingerprint density at radius 3 is 2.76 bits per heavy atom. The van der Waals surface area contributed by atoms with Crippen molar-refractivity contribution in [2.45, 2.75) is 100 Å². The number of likely N-dealkylation sites (tertiary alicyclic amines) is 1. The van der Waals surface area contributed by atoms with Crippen molar-refractivity contribution in [1.29, 1.82) is 0 Å². The maximum Gasteiger partial charge on any atom is 0.166 e. The zero-order valence-electron chi connectivity index (χ0n) is 21.5. The van der Waals surface area contributed by atoms with Crippen LogP contribution < -0.4 is 4.74 Å². The van der Waals surface area contributed by atoms with Crippen molar-refractivity contribution in [3.63, 3.8) is 0 Å². The number of hydrogen-bond donors (Lipinski definition) is 2. The van der Waals surface area contributed by atoms with E-state index in [2.05, 4.69) is 44.0 Å². The Morgan fingerprint density at radius 2 is 2.03 bits per heavy atom. The summed E-state index contributed by atoms with van der Waals surface area (Å²) in [4.78, 5) is 2.53. The number of likely N-dealkylation sites (N-methyl/N-ethyl adjacent to an activating group) is 1. The minimum atomic E-state index is -0.876. The molecule has 6 aliphatic rings. The topological polar surface area (TPSA) is 62.2 Å². The summed E-state index contributed by atoms with van der Waals surface area (Å²) in [7, 11) is 4.04. The van der Waals surface area contributed by atoms with Gasteiger partial charge in [0, 0.05) is 30.0 Å². The smallest absolute Gasteiger partial charge is 0.166 e. The monoisotopic (exact) mass is 467 g/mol. The number of aliphatic hydroxyl groups is 1. The van der Waals surface area contributed by atoms with Crippen LogP contribution in [0.3, 0.4) is 0 Å². The lowest BCUT2D eigenvalue weighted by atomic mass is 9.32. The second-order valence-electron chi connectivity index (χ2n) is 12.2. The third-order valence-corrected chi connectivity index (χ3v) is 11.0. The van der Waals surface area contributed by atoms with Gasteiger partial charge in [-0.1, -0.05) is 50.8 Å². The van der Waals surface area contributed by atoms with Crippen molar-refractivity contribution in [3.05, 3.63) is 35.4 Å². The van der Waals surface area contributed by atoms with Crippen molar-refractivity contribution < 1.29 is 19.7 Å². The van der Waals surface area contributed by atoms with E-state index in [1.54, 1.807) is 13.2 Å². The molecule has 0 unspecified atom stereocenters. The van der Waals surface area contributed by atoms with Crippen LogP contribution in [0.15, 0.2) is 24.3 Å². The number of fused-ring (bicyclic) bond motifs is 1. The molecular formula is C29H41NO4. The van der Waals surface area contributed by atoms with E-state index in [0.717, 1.165) is 45.1 Å². The summed E-state index contributed by atoms with van der Waals surface area (Å²) in [5.74, 6) is 0.785. The number of methoxy groups -OCH3 is 1. The molecule has 5 heteroatoms. The molecule has 2 fully saturated rings. The molecule has 2 N–H and O–H groups in total. The van der Waals surface area contributed by atoms with Crippen LogP contribution in [0.2, 0.25) is 0 Å². The lowest BCUT2D eigenvalue weighted by molar-refractivity contribution is -0.286. The molecule has 1 aromatic rings. The summed E-state index contributed by atoms with van der Waals surface area (Å²) in [6, 6.07) is 4.24. The van der Waals surface area contributed by atoms with Gasteiger partial charge in [0.2, 0.25) is 0 Å². The van der Waals surface area contributed by atoms with Crippen LogP contribution in [0.5, 0.6) is 11.5 Å². The Bertz CT molecular complexity index is 1050. The highest BCUT2D eigenvalue weighted by molar-refractivity contribution is 5.67. The molecule has 2 aliphatic heterocycles. The van der Waals surface area contributed by atoms with E-state index < -0.39 is 16.8 Å². The highest BCUT2D eigenvalue weighted by atomic mass is 16.6. The third kappa shape index (κ3) is 2.29. The van der Waals surface area contributed by atoms with E-state index in [0.29, 0.717) is 11.8 Å². The molecule has 0 amide bonds. The minimum absolute atomic E-state index is 0.0956. The van der Waals surface area contributed by atoms with Crippen LogP contribution in [0.25, 0.3) is 0 Å². The number of ether oxygens (including phenoxy) is 2. The average Bonchev–Trinajstić information content (AvgIpc) is 3.11. The quantitative estimate of drug-likeness (QED) is 0.449. The number of unbranched alkanes of at least 4 members (excludes halogenated alkanes) is 3. The summed E-state index contributed by atoms with van der Waals surface area (Å²) < 4.78 is 13.5. The van der Waals surface area contributed by atoms with Crippen LogP contribution in [0.1, 0.15) is 76.8 Å². The molecule has 34 heavy (non-hydrogen) atoms. The van der Waals surface area contributed by atoms with Gasteiger partial charge in [0.15, 0.2) is 11.5 Å². The average molecular weight is 468 g/mol. The fourth-order valence-electron chi connectivity index (χ4n) is 9.47. The number of aromatic hydroxyl groups is 1. The second-order valence-corrected chi connectivity index (χ2v) is 12.2. The Hall–Kier alpha value is -1.56. The zero-order chi connectivity index (χ0) is 24.1. The van der Waals surface area contributed by atoms with Crippen LogP contribution in [-0.4, -0.2) is 58.7 Å². The Kier molecular flexibility index (Phi) is 4.72. The van der Waals surface area contributed by atoms with Crippen molar-refractivity contribution in [3.8, 4) is 11.5 Å². The molecule has 2 heterocycles. The number of piperidine rings is 1. The number of hydrogen-bond acceptors (Lipinski definition) is 5. The number of benzene rings is 1. The van der Waals surface area contributed by atoms with E-state index in [4.69, 9.17) is 9.47 Å². The predicted molar refractivity (Wildman–Crippen MR) is 132 cm³/mol. The van der Waals surface area contributed by atoms with Gasteiger partial charge >= 0.3 is 0 Å². The second kappa shape index (κ2) is 7.02. The maximum atomic E-state index is 12.1. The van der Waals surface area contributed by atoms with Crippen LogP contribution in [0, 0.1) is 11.3 Å². The predicted octanol–water partition coefficient (Wildman–Crippen LogP) is 4.72. The summed E-state index contributed by atoms with van der Waals surface area (Å²) >= 11 is 0. The number of rotatable bonds is 7. The molecule has 1 saturated heterocycles. The largest absolute Gasteiger partial charge is 0.504 e. The first-order valence-electron chi connectivity index (χ1n) is 13.4. The molecular weight excluding hydrogens is 426 g/mol. The maximum absolute atomic E-state index is 12.1. The minimum Gasteiger partial charge on any atom is -0.504 e. The van der Waals surface area contributed by atoms with Gasteiger partial charge in [-0.25, -0.2) is 0 Å². The SMILES string of the molecule is CCCCCC[C@](C)(O)[C@@H]1C[C@@]23C=C[C@]1(OC)[C@@]1(C)Oc4c(O)ccc5c4[C@@]12CCN(C)[C@@H]3C5. The van der Waals surface area contributed by atoms with Crippen LogP contribution in [0.4, 0.5) is 0 Å². The number of nitrogens with zero attached hydrogens (tertiary/aromatic N) is 1. The van der Waals surface area contributed by atoms with Gasteiger partial charge in [0.25, 0.3) is 0 Å². The Labute approximate surface area is 204 Å². The van der Waals surface area contributed by atoms with Crippen molar-refractivity contribution in [2.24, 2.45) is 11.3 Å². The highest BCUT2D eigenvalue weighted by Crippen LogP contribution is 2.79. The Balaban J connectivity index is 1.56. The van der Waals surface area contributed by atoms with Crippen molar-refractivity contribution in [1.82, 2.24) is 4.90 Å². The Morgan fingerprint density at radius 1 is 1.24 bits per heavy atom. The summed E-state index contributed by atoms with van der Waals surface area (Å²) in [6.45, 7) is 7.45. The van der Waals surface area contributed by atoms with Gasteiger partial charge in [-0.2, -0.15) is 0 Å². The molecule has 4 bridgehead atoms. The lowest BCUT2D eigenvalue weighted by Crippen LogP contribution is -2.85. The fourth-order valence-corrected chi connectivity index (χ4v) is 9.47. The molecule has 7 rings (SSSR count). The summed E-state index contributed by atoms with van der Waals surface area (Å²) in [6.07, 6.45) is 12.8. The third-order valence-electron chi connectivity index (χ3n) is 11.0. The molecule has 4 aliphatic carbocycles. The molecule has 0 radical (unpaired) electrons. The fraction of sp³-hybridized carbons (Fsp3) is 0.724. The van der Waals surface area contributed by atoms with E-state index in [1.165, 1.54) is 24.0 Å². The van der Waals surface area contributed by atoms with E-state index in [9.17, 15) is 10.2 Å². The molecule has 7 atom stereocenters. The van der Waals surface area contributed by atoms with Gasteiger partial charge in [0.1, 0.15) is 11.2 Å². The van der Waals surface area contributed by atoms with Crippen molar-refractivity contribution >= 4 is 0 Å². The summed E-state index contributed by atoms with van der Waals surface area (Å²) in [5.41, 5.74) is -0.295. The van der Waals surface area contributed by atoms with Gasteiger partial charge in [-0.3, -0.25) is 0 Å². The molecule has 1 aromatic carbocycles. The van der Waals surface area contributed by atoms with Gasteiger partial charge < -0.3 is 24.6 Å². The molecule has 5 nitrogen and oxygen atoms in total. The van der Waals surface area contributed by atoms with E-state index >= 15 is 0 Å². The van der Waals surface area contributed by atoms with Crippen LogP contribution in [-0.2, 0) is 16.6 Å². The van der Waals surface area contributed by atoms with E-state index in [-0.39, 0.29) is 22.5 Å². The zero-order valence-corrected chi connectivity index (χ0v) is 21.5. The highest BCUT2D eigenvalue weighted by Gasteiger charge is 2.85. The number of phenolic OH excluding ortho intramolecular Hbond substituents is 1. The van der Waals surface area contributed by atoms with Gasteiger partial charge in [-0.15, -0.1) is 0 Å². The van der Waals surface area contributed by atoms with Crippen LogP contribution >= 0.6 is 0 Å². The first-order chi connectivity index (χ1) is 16.1. The lowest BCUT2D eigenvalue weighted by Gasteiger charge is -2.75. The molecule has 186 valence electrons. The summed E-state index contributed by atoms with van der Waals surface area (Å²) in [5, 5.41) is 23.0. The standard InChI is InChI=1S/C29H41NO4/c1-6-7-8-9-12-25(2,32)21-18-27-13-14-29(21,33-5)26(3)28(27)15-16-30(4)22(27)17-19-10-11-20(31)24(34-26)23(19)28/h10-11,13-14,21-22,31-32H,6-9,12,15-18H2,1-5H3/t21-,22+,25-,26-,27+,28-,29+/m0/s1. The van der Waals surface area contributed by atoms with Gasteiger partial charge in [0.05, 0.1) is 11.0 Å². The molecule has 1 saturated carbocycles. The first kappa shape index (κ1) is 22.9. The van der Waals surface area contributed by atoms with Gasteiger partial charge in [-0.05, 0) is 64.8 Å². The molecule has 0 aromatic heterocycles. The van der Waals surface area contributed by atoms with E-state index in [1.807, 2.05) is 6.92 Å².